The van der Waals surface area contributed by atoms with E-state index in [0.717, 1.165) is 50.0 Å². The summed E-state index contributed by atoms with van der Waals surface area (Å²) in [5, 5.41) is 0. The molecule has 0 radical (unpaired) electrons. The fourth-order valence-electron chi connectivity index (χ4n) is 4.47. The molecule has 1 aromatic rings. The van der Waals surface area contributed by atoms with Gasteiger partial charge in [0.25, 0.3) is 0 Å². The largest absolute Gasteiger partial charge is 0.212 e. The lowest BCUT2D eigenvalue weighted by Crippen LogP contribution is -2.14. The fourth-order valence-corrected chi connectivity index (χ4v) is 4.47. The molecule has 0 aromatic heterocycles. The summed E-state index contributed by atoms with van der Waals surface area (Å²) in [6.45, 7) is 2.22. The van der Waals surface area contributed by atoms with Crippen molar-refractivity contribution in [3.63, 3.8) is 0 Å². The van der Waals surface area contributed by atoms with Gasteiger partial charge in [0.05, 0.1) is 5.83 Å². The predicted molar refractivity (Wildman–Crippen MR) is 96.2 cm³/mol. The zero-order valence-corrected chi connectivity index (χ0v) is 15.2. The van der Waals surface area contributed by atoms with Crippen LogP contribution < -0.4 is 0 Å². The van der Waals surface area contributed by atoms with E-state index in [1.807, 2.05) is 0 Å². The highest BCUT2D eigenvalue weighted by molar-refractivity contribution is 5.29. The quantitative estimate of drug-likeness (QED) is 0.525. The van der Waals surface area contributed by atoms with E-state index in [2.05, 4.69) is 6.92 Å². The summed E-state index contributed by atoms with van der Waals surface area (Å²) in [6, 6.07) is 3.13. The van der Waals surface area contributed by atoms with Gasteiger partial charge in [0.2, 0.25) is 0 Å². The first-order valence-electron chi connectivity index (χ1n) is 9.89. The maximum absolute atomic E-state index is 14.5. The van der Waals surface area contributed by atoms with Crippen molar-refractivity contribution >= 4 is 0 Å². The first kappa shape index (κ1) is 18.5. The molecule has 0 spiro atoms. The first-order valence-corrected chi connectivity index (χ1v) is 9.89. The molecule has 3 heteroatoms. The minimum atomic E-state index is -0.398. The first-order chi connectivity index (χ1) is 12.1. The summed E-state index contributed by atoms with van der Waals surface area (Å²) >= 11 is 0. The Labute approximate surface area is 149 Å². The van der Waals surface area contributed by atoms with Gasteiger partial charge in [-0.2, -0.15) is 0 Å². The van der Waals surface area contributed by atoms with Crippen LogP contribution in [0.25, 0.3) is 0 Å². The Kier molecular flexibility index (Phi) is 6.24. The van der Waals surface area contributed by atoms with Crippen LogP contribution >= 0.6 is 0 Å². The van der Waals surface area contributed by atoms with Gasteiger partial charge in [-0.15, -0.1) is 0 Å². The van der Waals surface area contributed by atoms with Gasteiger partial charge < -0.3 is 0 Å². The molecule has 2 aliphatic carbocycles. The summed E-state index contributed by atoms with van der Waals surface area (Å²) < 4.78 is 42.1. The maximum atomic E-state index is 14.5. The van der Waals surface area contributed by atoms with Gasteiger partial charge in [-0.05, 0) is 93.2 Å². The second-order valence-corrected chi connectivity index (χ2v) is 7.92. The number of hydrogen-bond donors (Lipinski definition) is 0. The Balaban J connectivity index is 1.62. The summed E-state index contributed by atoms with van der Waals surface area (Å²) in [4.78, 5) is 0. The Hall–Kier alpha value is -1.25. The second kappa shape index (κ2) is 8.42. The van der Waals surface area contributed by atoms with Crippen molar-refractivity contribution in [2.45, 2.75) is 77.0 Å². The number of hydrogen-bond acceptors (Lipinski definition) is 0. The molecule has 0 bridgehead atoms. The smallest absolute Gasteiger partial charge is 0.129 e. The molecule has 0 nitrogen and oxygen atoms in total. The molecular formula is C22H29F3. The third-order valence-electron chi connectivity index (χ3n) is 6.33. The van der Waals surface area contributed by atoms with Crippen LogP contribution in [0.4, 0.5) is 13.2 Å². The molecule has 1 unspecified atom stereocenters. The predicted octanol–water partition coefficient (Wildman–Crippen LogP) is 7.23. The van der Waals surface area contributed by atoms with Crippen molar-refractivity contribution in [1.82, 2.24) is 0 Å². The molecule has 1 atom stereocenters. The fraction of sp³-hybridized carbons (Fsp3) is 0.636. The highest BCUT2D eigenvalue weighted by Crippen LogP contribution is 2.38. The van der Waals surface area contributed by atoms with E-state index in [4.69, 9.17) is 0 Å². The van der Waals surface area contributed by atoms with Crippen molar-refractivity contribution in [3.8, 4) is 0 Å². The van der Waals surface area contributed by atoms with E-state index in [1.54, 1.807) is 18.2 Å². The van der Waals surface area contributed by atoms with E-state index in [0.29, 0.717) is 31.1 Å². The minimum absolute atomic E-state index is 0.0456. The van der Waals surface area contributed by atoms with Gasteiger partial charge in [-0.3, -0.25) is 0 Å². The number of rotatable bonds is 5. The zero-order chi connectivity index (χ0) is 17.8. The Bertz CT molecular complexity index is 589. The molecule has 3 rings (SSSR count). The SMILES string of the molecule is CCC1CCC(c2cc(F)c(CCC3CC=C(F)CC3)c(F)c2)CC1. The van der Waals surface area contributed by atoms with Crippen molar-refractivity contribution in [1.29, 1.82) is 0 Å². The van der Waals surface area contributed by atoms with Gasteiger partial charge in [-0.1, -0.05) is 19.4 Å². The lowest BCUT2D eigenvalue weighted by molar-refractivity contribution is 0.317. The van der Waals surface area contributed by atoms with E-state index in [1.165, 1.54) is 6.42 Å². The van der Waals surface area contributed by atoms with Crippen LogP contribution in [0.2, 0.25) is 0 Å². The molecule has 138 valence electrons. The van der Waals surface area contributed by atoms with E-state index < -0.39 is 11.6 Å². The van der Waals surface area contributed by atoms with Crippen LogP contribution in [-0.4, -0.2) is 0 Å². The molecule has 0 heterocycles. The molecule has 0 aliphatic heterocycles. The second-order valence-electron chi connectivity index (χ2n) is 7.92. The molecule has 0 amide bonds. The topological polar surface area (TPSA) is 0 Å². The van der Waals surface area contributed by atoms with E-state index in [-0.39, 0.29) is 11.4 Å². The van der Waals surface area contributed by atoms with Gasteiger partial charge in [-0.25, -0.2) is 13.2 Å². The number of benzene rings is 1. The van der Waals surface area contributed by atoms with Crippen molar-refractivity contribution in [2.24, 2.45) is 11.8 Å². The van der Waals surface area contributed by atoms with E-state index in [9.17, 15) is 13.2 Å². The molecule has 0 saturated heterocycles. The Morgan fingerprint density at radius 1 is 0.920 bits per heavy atom. The molecule has 25 heavy (non-hydrogen) atoms. The van der Waals surface area contributed by atoms with Crippen LogP contribution in [0.3, 0.4) is 0 Å². The van der Waals surface area contributed by atoms with Gasteiger partial charge in [0.15, 0.2) is 0 Å². The summed E-state index contributed by atoms with van der Waals surface area (Å²) in [5.74, 6) is 0.570. The number of halogens is 3. The molecule has 1 fully saturated rings. The van der Waals surface area contributed by atoms with Crippen LogP contribution in [0.15, 0.2) is 24.0 Å². The Morgan fingerprint density at radius 3 is 2.16 bits per heavy atom. The van der Waals surface area contributed by atoms with Crippen molar-refractivity contribution in [3.05, 3.63) is 46.8 Å². The van der Waals surface area contributed by atoms with Crippen LogP contribution in [0, 0.1) is 23.5 Å². The highest BCUT2D eigenvalue weighted by Gasteiger charge is 2.24. The third-order valence-corrected chi connectivity index (χ3v) is 6.33. The average Bonchev–Trinajstić information content (AvgIpc) is 2.62. The van der Waals surface area contributed by atoms with Gasteiger partial charge >= 0.3 is 0 Å². The van der Waals surface area contributed by atoms with Gasteiger partial charge in [0.1, 0.15) is 11.6 Å². The van der Waals surface area contributed by atoms with Crippen molar-refractivity contribution < 1.29 is 13.2 Å². The lowest BCUT2D eigenvalue weighted by atomic mass is 9.77. The third kappa shape index (κ3) is 4.68. The lowest BCUT2D eigenvalue weighted by Gasteiger charge is -2.28. The minimum Gasteiger partial charge on any atom is -0.212 e. The molecule has 1 aromatic carbocycles. The van der Waals surface area contributed by atoms with Gasteiger partial charge in [0, 0.05) is 5.56 Å². The summed E-state index contributed by atoms with van der Waals surface area (Å²) in [6.07, 6.45) is 10.3. The molecule has 0 N–H and O–H groups in total. The highest BCUT2D eigenvalue weighted by atomic mass is 19.1. The van der Waals surface area contributed by atoms with E-state index >= 15 is 0 Å². The van der Waals surface area contributed by atoms with Crippen LogP contribution in [0.1, 0.15) is 81.8 Å². The van der Waals surface area contributed by atoms with Crippen LogP contribution in [-0.2, 0) is 6.42 Å². The summed E-state index contributed by atoms with van der Waals surface area (Å²) in [5.41, 5.74) is 1.04. The standard InChI is InChI=1S/C22H29F3/c1-2-15-3-8-17(9-4-15)18-13-21(24)20(22(25)14-18)12-7-16-5-10-19(23)11-6-16/h10,13-17H,2-9,11-12H2,1H3. The number of allylic oxidation sites excluding steroid dienone is 2. The average molecular weight is 350 g/mol. The monoisotopic (exact) mass is 350 g/mol. The Morgan fingerprint density at radius 2 is 1.60 bits per heavy atom. The molecular weight excluding hydrogens is 321 g/mol. The molecule has 2 aliphatic rings. The van der Waals surface area contributed by atoms with Crippen molar-refractivity contribution in [2.75, 3.05) is 0 Å². The normalized spacial score (nSPS) is 27.2. The summed E-state index contributed by atoms with van der Waals surface area (Å²) in [7, 11) is 0. The molecule has 1 saturated carbocycles. The maximum Gasteiger partial charge on any atom is 0.129 e. The van der Waals surface area contributed by atoms with Crippen LogP contribution in [0.5, 0.6) is 0 Å². The zero-order valence-electron chi connectivity index (χ0n) is 15.2.